The number of nitrogens with one attached hydrogen (secondary N) is 1. The van der Waals surface area contributed by atoms with Crippen molar-refractivity contribution in [1.82, 2.24) is 5.32 Å². The topological polar surface area (TPSA) is 41.5 Å². The minimum absolute atomic E-state index is 0.194. The van der Waals surface area contributed by atoms with Crippen molar-refractivity contribution < 1.29 is 14.2 Å². The normalized spacial score (nSPS) is 20.9. The van der Waals surface area contributed by atoms with Gasteiger partial charge in [-0.25, -0.2) is 4.39 Å². The first-order chi connectivity index (χ1) is 17.7. The lowest BCUT2D eigenvalue weighted by Gasteiger charge is -2.47. The van der Waals surface area contributed by atoms with E-state index in [9.17, 15) is 9.50 Å². The zero-order valence-electron chi connectivity index (χ0n) is 21.1. The molecule has 0 aliphatic carbocycles. The van der Waals surface area contributed by atoms with E-state index in [1.54, 1.807) is 19.2 Å². The Kier molecular flexibility index (Phi) is 8.91. The van der Waals surface area contributed by atoms with Crippen LogP contribution in [0.25, 0.3) is 6.08 Å². The number of aryl methyl sites for hydroxylation is 1. The molecular formula is C31H32BrClFNO2. The molecular weight excluding hydrogens is 553 g/mol. The third-order valence-corrected chi connectivity index (χ3v) is 8.05. The summed E-state index contributed by atoms with van der Waals surface area (Å²) in [7, 11) is 1.60. The maximum atomic E-state index is 14.0. The van der Waals surface area contributed by atoms with Gasteiger partial charge in [0.15, 0.2) is 0 Å². The Morgan fingerprint density at radius 2 is 2.00 bits per heavy atom. The molecule has 1 fully saturated rings. The van der Waals surface area contributed by atoms with E-state index in [2.05, 4.69) is 40.8 Å². The zero-order chi connectivity index (χ0) is 26.6. The van der Waals surface area contributed by atoms with Crippen LogP contribution in [0, 0.1) is 18.7 Å². The quantitative estimate of drug-likeness (QED) is 0.213. The lowest BCUT2D eigenvalue weighted by molar-refractivity contribution is -0.0552. The summed E-state index contributed by atoms with van der Waals surface area (Å²) in [5.74, 6) is -0.454. The van der Waals surface area contributed by atoms with Crippen LogP contribution < -0.4 is 5.32 Å². The average Bonchev–Trinajstić information content (AvgIpc) is 2.88. The van der Waals surface area contributed by atoms with Gasteiger partial charge in [0.25, 0.3) is 0 Å². The Labute approximate surface area is 232 Å². The number of rotatable bonds is 8. The van der Waals surface area contributed by atoms with Crippen LogP contribution in [0.4, 0.5) is 4.39 Å². The number of allylic oxidation sites excluding steroid dienone is 1. The molecule has 0 radical (unpaired) electrons. The standard InChI is InChI=1S/C31H32BrClFNO2/c1-20-7-10-26(32)17-24(20)18-29(21(2)37-3)30(23-8-11-27(33)12-9-23)31(36)13-14-35-19-25(31)15-22-5-4-6-28(34)16-22/h4-12,16-18,25,30,35-36H,2,13-15,19H2,1,3H3/b29-18+. The van der Waals surface area contributed by atoms with Gasteiger partial charge in [0.2, 0.25) is 0 Å². The number of piperidine rings is 1. The van der Waals surface area contributed by atoms with E-state index in [0.29, 0.717) is 36.7 Å². The van der Waals surface area contributed by atoms with Gasteiger partial charge in [-0.15, -0.1) is 0 Å². The molecule has 37 heavy (non-hydrogen) atoms. The molecule has 3 unspecified atom stereocenters. The lowest BCUT2D eigenvalue weighted by atomic mass is 9.65. The number of hydrogen-bond acceptors (Lipinski definition) is 3. The van der Waals surface area contributed by atoms with Crippen molar-refractivity contribution >= 4 is 33.6 Å². The first kappa shape index (κ1) is 27.6. The third-order valence-electron chi connectivity index (χ3n) is 7.31. The van der Waals surface area contributed by atoms with Gasteiger partial charge in [-0.05, 0) is 91.0 Å². The van der Waals surface area contributed by atoms with E-state index in [4.69, 9.17) is 16.3 Å². The molecule has 4 rings (SSSR count). The highest BCUT2D eigenvalue weighted by Crippen LogP contribution is 2.47. The number of halogens is 3. The van der Waals surface area contributed by atoms with Crippen molar-refractivity contribution in [3.05, 3.63) is 122 Å². The number of ether oxygens (including phenoxy) is 1. The van der Waals surface area contributed by atoms with Gasteiger partial charge in [-0.3, -0.25) is 0 Å². The fraction of sp³-hybridized carbons (Fsp3) is 0.290. The van der Waals surface area contributed by atoms with Crippen molar-refractivity contribution in [1.29, 1.82) is 0 Å². The van der Waals surface area contributed by atoms with Crippen LogP contribution in [0.3, 0.4) is 0 Å². The Balaban J connectivity index is 1.90. The molecule has 2 N–H and O–H groups in total. The van der Waals surface area contributed by atoms with E-state index in [-0.39, 0.29) is 11.7 Å². The maximum absolute atomic E-state index is 14.0. The summed E-state index contributed by atoms with van der Waals surface area (Å²) in [5.41, 5.74) is 3.48. The fourth-order valence-corrected chi connectivity index (χ4v) is 5.80. The predicted octanol–water partition coefficient (Wildman–Crippen LogP) is 7.46. The summed E-state index contributed by atoms with van der Waals surface area (Å²) in [6, 6.07) is 20.3. The van der Waals surface area contributed by atoms with Crippen LogP contribution in [0.5, 0.6) is 0 Å². The summed E-state index contributed by atoms with van der Waals surface area (Å²) in [4.78, 5) is 0. The molecule has 3 aromatic carbocycles. The Bertz CT molecular complexity index is 1290. The largest absolute Gasteiger partial charge is 0.497 e. The molecule has 1 aliphatic rings. The van der Waals surface area contributed by atoms with E-state index < -0.39 is 11.5 Å². The zero-order valence-corrected chi connectivity index (χ0v) is 23.4. The van der Waals surface area contributed by atoms with Crippen LogP contribution in [-0.4, -0.2) is 30.9 Å². The van der Waals surface area contributed by atoms with E-state index in [1.165, 1.54) is 6.07 Å². The molecule has 1 aliphatic heterocycles. The molecule has 6 heteroatoms. The molecule has 1 heterocycles. The van der Waals surface area contributed by atoms with E-state index in [1.807, 2.05) is 48.5 Å². The fourth-order valence-electron chi connectivity index (χ4n) is 5.29. The minimum Gasteiger partial charge on any atom is -0.497 e. The summed E-state index contributed by atoms with van der Waals surface area (Å²) in [6.07, 6.45) is 3.09. The summed E-state index contributed by atoms with van der Waals surface area (Å²) in [6.45, 7) is 7.53. The number of hydrogen-bond donors (Lipinski definition) is 2. The van der Waals surface area contributed by atoms with Crippen LogP contribution >= 0.6 is 27.5 Å². The van der Waals surface area contributed by atoms with Crippen LogP contribution in [-0.2, 0) is 11.2 Å². The third kappa shape index (κ3) is 6.35. The van der Waals surface area contributed by atoms with Crippen molar-refractivity contribution in [2.45, 2.75) is 31.3 Å². The first-order valence-corrected chi connectivity index (χ1v) is 13.5. The van der Waals surface area contributed by atoms with Gasteiger partial charge < -0.3 is 15.2 Å². The first-order valence-electron chi connectivity index (χ1n) is 12.4. The Hall–Kier alpha value is -2.44. The molecule has 0 aromatic heterocycles. The van der Waals surface area contributed by atoms with Gasteiger partial charge in [-0.2, -0.15) is 0 Å². The highest BCUT2D eigenvalue weighted by Gasteiger charge is 2.48. The van der Waals surface area contributed by atoms with Crippen LogP contribution in [0.1, 0.15) is 34.6 Å². The summed E-state index contributed by atoms with van der Waals surface area (Å²) < 4.78 is 20.7. The Morgan fingerprint density at radius 3 is 2.70 bits per heavy atom. The second-order valence-corrected chi connectivity index (χ2v) is 11.0. The molecule has 3 aromatic rings. The average molecular weight is 585 g/mol. The SMILES string of the molecule is C=C(OC)/C(=C\c1cc(Br)ccc1C)C(c1ccc(Cl)cc1)C1(O)CCNCC1Cc1cccc(F)c1. The van der Waals surface area contributed by atoms with Crippen LogP contribution in [0.15, 0.2) is 89.1 Å². The Morgan fingerprint density at radius 1 is 1.24 bits per heavy atom. The molecule has 0 saturated carbocycles. The molecule has 0 amide bonds. The molecule has 0 bridgehead atoms. The maximum Gasteiger partial charge on any atom is 0.123 e. The van der Waals surface area contributed by atoms with Crippen molar-refractivity contribution in [3.63, 3.8) is 0 Å². The molecule has 194 valence electrons. The number of methoxy groups -OCH3 is 1. The lowest BCUT2D eigenvalue weighted by Crippen LogP contribution is -2.55. The smallest absolute Gasteiger partial charge is 0.123 e. The second-order valence-electron chi connectivity index (χ2n) is 9.69. The van der Waals surface area contributed by atoms with Crippen molar-refractivity contribution in [2.75, 3.05) is 20.2 Å². The summed E-state index contributed by atoms with van der Waals surface area (Å²) >= 11 is 9.84. The molecule has 3 nitrogen and oxygen atoms in total. The number of benzene rings is 3. The molecule has 3 atom stereocenters. The van der Waals surface area contributed by atoms with Crippen LogP contribution in [0.2, 0.25) is 5.02 Å². The predicted molar refractivity (Wildman–Crippen MR) is 153 cm³/mol. The highest BCUT2D eigenvalue weighted by molar-refractivity contribution is 9.10. The minimum atomic E-state index is -1.17. The van der Waals surface area contributed by atoms with E-state index >= 15 is 0 Å². The monoisotopic (exact) mass is 583 g/mol. The van der Waals surface area contributed by atoms with Gasteiger partial charge >= 0.3 is 0 Å². The molecule has 1 saturated heterocycles. The number of aliphatic hydroxyl groups is 1. The van der Waals surface area contributed by atoms with Gasteiger partial charge in [0.05, 0.1) is 12.7 Å². The van der Waals surface area contributed by atoms with Gasteiger partial charge in [-0.1, -0.05) is 64.4 Å². The molecule has 0 spiro atoms. The van der Waals surface area contributed by atoms with E-state index in [0.717, 1.165) is 32.3 Å². The van der Waals surface area contributed by atoms with Gasteiger partial charge in [0.1, 0.15) is 11.6 Å². The summed E-state index contributed by atoms with van der Waals surface area (Å²) in [5, 5.41) is 16.7. The van der Waals surface area contributed by atoms with Crippen molar-refractivity contribution in [2.24, 2.45) is 5.92 Å². The van der Waals surface area contributed by atoms with Gasteiger partial charge in [0, 0.05) is 33.4 Å². The highest BCUT2D eigenvalue weighted by atomic mass is 79.9. The second kappa shape index (κ2) is 12.0. The van der Waals surface area contributed by atoms with Crippen molar-refractivity contribution in [3.8, 4) is 0 Å².